The standard InChI is InChI=1S/C17H23NO/c1-19-13-6-5-12-10-16-14-4-2-3-7-17(14,8-9-18-16)15(12)11-13/h5-6,11,14,16,18H,2-4,7-10H2,1H3/t14-,16+,17+/m0/s1/i/hD. The molecule has 0 amide bonds. The van der Waals surface area contributed by atoms with E-state index in [9.17, 15) is 0 Å². The lowest BCUT2D eigenvalue weighted by molar-refractivity contribution is 0.0795. The molecule has 1 saturated heterocycles. The number of methoxy groups -OCH3 is 1. The van der Waals surface area contributed by atoms with Gasteiger partial charge in [-0.3, -0.25) is 0 Å². The molecule has 1 N–H and O–H groups in total. The topological polar surface area (TPSA) is 21.3 Å². The first kappa shape index (κ1) is 10.7. The summed E-state index contributed by atoms with van der Waals surface area (Å²) in [5.74, 6) is 1.68. The Kier molecular flexibility index (Phi) is 2.39. The second kappa shape index (κ2) is 4.24. The van der Waals surface area contributed by atoms with Gasteiger partial charge in [0.2, 0.25) is 0 Å². The van der Waals surface area contributed by atoms with E-state index in [2.05, 4.69) is 18.2 Å². The highest BCUT2D eigenvalue weighted by Gasteiger charge is 2.51. The van der Waals surface area contributed by atoms with E-state index in [1.807, 2.05) is 5.31 Å². The highest BCUT2D eigenvalue weighted by atomic mass is 16.5. The van der Waals surface area contributed by atoms with Gasteiger partial charge in [0, 0.05) is 11.5 Å². The lowest BCUT2D eigenvalue weighted by atomic mass is 9.53. The minimum absolute atomic E-state index is 0.336. The van der Waals surface area contributed by atoms with Gasteiger partial charge in [-0.1, -0.05) is 18.9 Å². The molecule has 4 rings (SSSR count). The van der Waals surface area contributed by atoms with Gasteiger partial charge in [0.25, 0.3) is 0 Å². The van der Waals surface area contributed by atoms with Crippen LogP contribution in [0.4, 0.5) is 0 Å². The molecule has 2 heteroatoms. The zero-order chi connectivity index (χ0) is 13.7. The average molecular weight is 258 g/mol. The summed E-state index contributed by atoms with van der Waals surface area (Å²) >= 11 is 0. The molecule has 19 heavy (non-hydrogen) atoms. The van der Waals surface area contributed by atoms with Crippen LogP contribution in [0.15, 0.2) is 18.2 Å². The fourth-order valence-electron chi connectivity index (χ4n) is 4.92. The second-order valence-corrected chi connectivity index (χ2v) is 6.46. The largest absolute Gasteiger partial charge is 0.497 e. The minimum atomic E-state index is 0.336. The van der Waals surface area contributed by atoms with Gasteiger partial charge < -0.3 is 10.0 Å². The van der Waals surface area contributed by atoms with Crippen molar-refractivity contribution < 1.29 is 6.15 Å². The Balaban J connectivity index is 1.88. The van der Waals surface area contributed by atoms with E-state index in [0.717, 1.165) is 25.1 Å². The zero-order valence-corrected chi connectivity index (χ0v) is 11.7. The maximum absolute atomic E-state index is 8.30. The van der Waals surface area contributed by atoms with Crippen molar-refractivity contribution in [1.29, 1.82) is 0 Å². The van der Waals surface area contributed by atoms with Crippen molar-refractivity contribution in [1.82, 2.24) is 5.31 Å². The summed E-state index contributed by atoms with van der Waals surface area (Å²) in [5, 5.41) is 1.88. The molecule has 0 aromatic heterocycles. The van der Waals surface area contributed by atoms with Crippen LogP contribution in [0.2, 0.25) is 1.41 Å². The predicted octanol–water partition coefficient (Wildman–Crippen LogP) is 3.04. The Morgan fingerprint density at radius 1 is 1.37 bits per heavy atom. The fourth-order valence-corrected chi connectivity index (χ4v) is 4.92. The molecule has 1 saturated carbocycles. The lowest BCUT2D eigenvalue weighted by Crippen LogP contribution is -2.59. The maximum atomic E-state index is 8.30. The van der Waals surface area contributed by atoms with Crippen LogP contribution >= 0.6 is 0 Å². The molecule has 1 aromatic carbocycles. The van der Waals surface area contributed by atoms with E-state index in [1.165, 1.54) is 31.2 Å². The second-order valence-electron chi connectivity index (χ2n) is 6.46. The molecule has 3 atom stereocenters. The summed E-state index contributed by atoms with van der Waals surface area (Å²) in [6, 6.07) is 7.06. The van der Waals surface area contributed by atoms with Crippen LogP contribution in [-0.4, -0.2) is 19.7 Å². The Labute approximate surface area is 117 Å². The minimum Gasteiger partial charge on any atom is -0.497 e. The molecule has 1 heterocycles. The van der Waals surface area contributed by atoms with Gasteiger partial charge in [0.05, 0.1) is 7.11 Å². The number of fused-ring (bicyclic) bond motifs is 1. The molecule has 1 aromatic rings. The zero-order valence-electron chi connectivity index (χ0n) is 12.7. The molecule has 102 valence electrons. The van der Waals surface area contributed by atoms with Crippen molar-refractivity contribution in [3.05, 3.63) is 29.3 Å². The summed E-state index contributed by atoms with van der Waals surface area (Å²) in [7, 11) is 1.76. The summed E-state index contributed by atoms with van der Waals surface area (Å²) in [5.41, 5.74) is 3.35. The Morgan fingerprint density at radius 2 is 2.32 bits per heavy atom. The Hall–Kier alpha value is -1.02. The summed E-state index contributed by atoms with van der Waals surface area (Å²) in [6.45, 7) is 0.928. The van der Waals surface area contributed by atoms with Crippen molar-refractivity contribution in [2.45, 2.75) is 50.0 Å². The molecule has 2 nitrogen and oxygen atoms in total. The number of nitrogens with one attached hydrogen (secondary N) is 1. The third-order valence-electron chi connectivity index (χ3n) is 5.77. The number of rotatable bonds is 1. The number of hydrogen-bond donors (Lipinski definition) is 1. The van der Waals surface area contributed by atoms with E-state index in [4.69, 9.17) is 6.15 Å². The average Bonchev–Trinajstić information content (AvgIpc) is 2.50. The predicted molar refractivity (Wildman–Crippen MR) is 76.7 cm³/mol. The van der Waals surface area contributed by atoms with Crippen LogP contribution in [-0.2, 0) is 11.8 Å². The summed E-state index contributed by atoms with van der Waals surface area (Å²) < 4.78 is 13.8. The van der Waals surface area contributed by atoms with E-state index in [0.29, 0.717) is 17.4 Å². The molecule has 2 aliphatic carbocycles. The van der Waals surface area contributed by atoms with Crippen molar-refractivity contribution >= 4 is 0 Å². The monoisotopic (exact) mass is 258 g/mol. The molecule has 0 radical (unpaired) electrons. The first-order valence-corrected chi connectivity index (χ1v) is 7.67. The van der Waals surface area contributed by atoms with Crippen molar-refractivity contribution in [3.63, 3.8) is 0 Å². The van der Waals surface area contributed by atoms with Crippen LogP contribution in [0, 0.1) is 5.92 Å². The molecule has 2 bridgehead atoms. The number of ether oxygens (including phenoxy) is 1. The summed E-state index contributed by atoms with van der Waals surface area (Å²) in [6.07, 6.45) is 7.50. The Bertz CT molecular complexity index is 532. The van der Waals surface area contributed by atoms with Crippen LogP contribution in [0.25, 0.3) is 0 Å². The quantitative estimate of drug-likeness (QED) is 0.836. The molecule has 0 spiro atoms. The van der Waals surface area contributed by atoms with E-state index < -0.39 is 0 Å². The van der Waals surface area contributed by atoms with Gasteiger partial charge in [-0.2, -0.15) is 0 Å². The van der Waals surface area contributed by atoms with E-state index in [1.54, 1.807) is 12.7 Å². The number of benzene rings is 1. The number of piperidine rings is 1. The van der Waals surface area contributed by atoms with Gasteiger partial charge in [0.15, 0.2) is 0 Å². The van der Waals surface area contributed by atoms with Crippen LogP contribution in [0.5, 0.6) is 5.75 Å². The molecular formula is C17H23NO. The molecule has 0 unspecified atom stereocenters. The van der Waals surface area contributed by atoms with Crippen LogP contribution in [0.1, 0.15) is 43.2 Å². The SMILES string of the molecule is [2H]N1CC[C@]23CCCC[C@H]2[C@H]1Cc1ccc(OC)cc13. The summed E-state index contributed by atoms with van der Waals surface area (Å²) in [4.78, 5) is 0. The molecular weight excluding hydrogens is 234 g/mol. The normalized spacial score (nSPS) is 38.1. The van der Waals surface area contributed by atoms with Crippen molar-refractivity contribution in [3.8, 4) is 5.75 Å². The fraction of sp³-hybridized carbons (Fsp3) is 0.647. The van der Waals surface area contributed by atoms with Crippen molar-refractivity contribution in [2.24, 2.45) is 5.92 Å². The van der Waals surface area contributed by atoms with Crippen molar-refractivity contribution in [2.75, 3.05) is 13.7 Å². The highest BCUT2D eigenvalue weighted by molar-refractivity contribution is 5.45. The molecule has 1 aliphatic heterocycles. The van der Waals surface area contributed by atoms with E-state index >= 15 is 0 Å². The first-order chi connectivity index (χ1) is 9.74. The van der Waals surface area contributed by atoms with Crippen LogP contribution in [0.3, 0.4) is 0 Å². The molecule has 2 fully saturated rings. The third kappa shape index (κ3) is 1.59. The lowest BCUT2D eigenvalue weighted by Gasteiger charge is -2.56. The maximum Gasteiger partial charge on any atom is 0.122 e. The number of hydrogen-bond acceptors (Lipinski definition) is 2. The third-order valence-corrected chi connectivity index (χ3v) is 5.77. The first-order valence-electron chi connectivity index (χ1n) is 8.12. The van der Waals surface area contributed by atoms with Gasteiger partial charge in [-0.25, -0.2) is 0 Å². The van der Waals surface area contributed by atoms with Gasteiger partial charge >= 0.3 is 0 Å². The Morgan fingerprint density at radius 3 is 3.21 bits per heavy atom. The highest BCUT2D eigenvalue weighted by Crippen LogP contribution is 2.54. The van der Waals surface area contributed by atoms with Gasteiger partial charge in [0.1, 0.15) is 7.16 Å². The smallest absolute Gasteiger partial charge is 0.122 e. The van der Waals surface area contributed by atoms with Gasteiger partial charge in [-0.05, 0) is 61.4 Å². The molecule has 3 aliphatic rings. The van der Waals surface area contributed by atoms with Crippen LogP contribution < -0.4 is 10.0 Å². The van der Waals surface area contributed by atoms with E-state index in [-0.39, 0.29) is 0 Å². The van der Waals surface area contributed by atoms with Gasteiger partial charge in [-0.15, -0.1) is 0 Å².